The third-order valence-electron chi connectivity index (χ3n) is 4.64. The number of pyridine rings is 1. The Morgan fingerprint density at radius 1 is 1.17 bits per heavy atom. The molecule has 1 unspecified atom stereocenters. The molecule has 3 heterocycles. The first-order chi connectivity index (χ1) is 14.4. The molecule has 1 aromatic carbocycles. The fraction of sp³-hybridized carbons (Fsp3) is 0.105. The largest absolute Gasteiger partial charge is 0.323 e. The van der Waals surface area contributed by atoms with Gasteiger partial charge in [-0.1, -0.05) is 6.07 Å². The molecule has 0 aliphatic carbocycles. The second kappa shape index (κ2) is 7.20. The molecule has 11 nitrogen and oxygen atoms in total. The molecule has 0 saturated carbocycles. The van der Waals surface area contributed by atoms with Crippen molar-refractivity contribution in [3.05, 3.63) is 76.2 Å². The highest BCUT2D eigenvalue weighted by molar-refractivity contribution is 6.24. The minimum atomic E-state index is -1.19. The number of aromatic nitrogens is 3. The van der Waals surface area contributed by atoms with Gasteiger partial charge in [-0.3, -0.25) is 29.4 Å². The first-order valence-electron chi connectivity index (χ1n) is 8.80. The summed E-state index contributed by atoms with van der Waals surface area (Å²) in [6.07, 6.45) is 4.73. The quantitative estimate of drug-likeness (QED) is 0.387. The second-order valence-corrected chi connectivity index (χ2v) is 6.46. The maximum absolute atomic E-state index is 12.7. The van der Waals surface area contributed by atoms with Crippen molar-refractivity contribution >= 4 is 29.1 Å². The number of fused-ring (bicyclic) bond motifs is 1. The van der Waals surface area contributed by atoms with Crippen LogP contribution in [-0.4, -0.2) is 48.4 Å². The number of hydrogen-bond donors (Lipinski definition) is 1. The molecule has 2 aromatic heterocycles. The van der Waals surface area contributed by atoms with Gasteiger partial charge < -0.3 is 5.32 Å². The van der Waals surface area contributed by atoms with E-state index in [1.807, 2.05) is 0 Å². The summed E-state index contributed by atoms with van der Waals surface area (Å²) in [5.74, 6) is -1.73. The van der Waals surface area contributed by atoms with Crippen LogP contribution in [0.25, 0.3) is 5.82 Å². The molecule has 11 heteroatoms. The number of nitrogens with zero attached hydrogens (tertiary/aromatic N) is 5. The first-order valence-corrected chi connectivity index (χ1v) is 8.80. The number of hydrogen-bond acceptors (Lipinski definition) is 7. The van der Waals surface area contributed by atoms with Gasteiger partial charge in [-0.25, -0.2) is 9.67 Å². The molecular formula is C19H14N6O5. The van der Waals surface area contributed by atoms with Gasteiger partial charge >= 0.3 is 0 Å². The summed E-state index contributed by atoms with van der Waals surface area (Å²) in [5.41, 5.74) is -0.527. The van der Waals surface area contributed by atoms with Crippen LogP contribution >= 0.6 is 0 Å². The molecule has 4 rings (SSSR count). The Morgan fingerprint density at radius 2 is 1.97 bits per heavy atom. The third-order valence-corrected chi connectivity index (χ3v) is 4.64. The number of amides is 3. The number of imide groups is 1. The van der Waals surface area contributed by atoms with E-state index in [-0.39, 0.29) is 11.1 Å². The lowest BCUT2D eigenvalue weighted by Crippen LogP contribution is -2.45. The Kier molecular flexibility index (Phi) is 4.54. The molecule has 30 heavy (non-hydrogen) atoms. The number of benzene rings is 1. The van der Waals surface area contributed by atoms with Crippen LogP contribution < -0.4 is 5.32 Å². The van der Waals surface area contributed by atoms with Crippen molar-refractivity contribution < 1.29 is 19.3 Å². The second-order valence-electron chi connectivity index (χ2n) is 6.46. The highest BCUT2D eigenvalue weighted by Gasteiger charge is 2.44. The summed E-state index contributed by atoms with van der Waals surface area (Å²) in [5, 5.41) is 17.8. The summed E-state index contributed by atoms with van der Waals surface area (Å²) in [7, 11) is 0. The van der Waals surface area contributed by atoms with Gasteiger partial charge in [0.25, 0.3) is 17.5 Å². The average Bonchev–Trinajstić information content (AvgIpc) is 3.35. The Balaban J connectivity index is 1.53. The predicted octanol–water partition coefficient (Wildman–Crippen LogP) is 1.80. The highest BCUT2D eigenvalue weighted by Crippen LogP contribution is 2.32. The number of carbonyl (C=O) groups is 3. The zero-order valence-corrected chi connectivity index (χ0v) is 15.6. The van der Waals surface area contributed by atoms with Crippen LogP contribution in [0.4, 0.5) is 11.4 Å². The zero-order valence-electron chi connectivity index (χ0n) is 15.6. The van der Waals surface area contributed by atoms with Crippen LogP contribution in [0.15, 0.2) is 55.0 Å². The lowest BCUT2D eigenvalue weighted by Gasteiger charge is -2.21. The Hall–Kier alpha value is -4.41. The van der Waals surface area contributed by atoms with Crippen molar-refractivity contribution in [2.24, 2.45) is 0 Å². The van der Waals surface area contributed by atoms with E-state index in [0.717, 1.165) is 11.0 Å². The number of carbonyl (C=O) groups excluding carboxylic acids is 3. The van der Waals surface area contributed by atoms with Crippen LogP contribution in [0, 0.1) is 10.1 Å². The van der Waals surface area contributed by atoms with E-state index in [9.17, 15) is 24.5 Å². The van der Waals surface area contributed by atoms with Gasteiger partial charge in [0.2, 0.25) is 5.91 Å². The lowest BCUT2D eigenvalue weighted by atomic mass is 10.1. The van der Waals surface area contributed by atoms with Crippen LogP contribution in [0.3, 0.4) is 0 Å². The summed E-state index contributed by atoms with van der Waals surface area (Å²) >= 11 is 0. The first kappa shape index (κ1) is 18.9. The van der Waals surface area contributed by atoms with E-state index in [4.69, 9.17) is 0 Å². The molecule has 0 saturated heterocycles. The van der Waals surface area contributed by atoms with Gasteiger partial charge in [-0.15, -0.1) is 0 Å². The van der Waals surface area contributed by atoms with Crippen molar-refractivity contribution in [2.45, 2.75) is 13.0 Å². The highest BCUT2D eigenvalue weighted by atomic mass is 16.6. The van der Waals surface area contributed by atoms with Crippen LogP contribution in [-0.2, 0) is 4.79 Å². The molecule has 1 aliphatic heterocycles. The predicted molar refractivity (Wildman–Crippen MR) is 103 cm³/mol. The van der Waals surface area contributed by atoms with Gasteiger partial charge in [0.15, 0.2) is 5.82 Å². The average molecular weight is 406 g/mol. The van der Waals surface area contributed by atoms with Crippen molar-refractivity contribution in [1.82, 2.24) is 19.7 Å². The third kappa shape index (κ3) is 3.07. The summed E-state index contributed by atoms with van der Waals surface area (Å²) in [6, 6.07) is 7.58. The Bertz CT molecular complexity index is 1170. The summed E-state index contributed by atoms with van der Waals surface area (Å²) < 4.78 is 1.54. The normalized spacial score (nSPS) is 13.8. The van der Waals surface area contributed by atoms with E-state index in [1.165, 1.54) is 25.3 Å². The zero-order chi connectivity index (χ0) is 21.4. The molecule has 0 radical (unpaired) electrons. The van der Waals surface area contributed by atoms with Gasteiger partial charge in [0.1, 0.15) is 11.6 Å². The lowest BCUT2D eigenvalue weighted by molar-refractivity contribution is -0.385. The SMILES string of the molecule is CC(C(=O)Nc1ccc(-n2cccn2)nc1)N1C(=O)c2cccc([N+](=O)[O-])c2C1=O. The van der Waals surface area contributed by atoms with Crippen LogP contribution in [0.1, 0.15) is 27.6 Å². The van der Waals surface area contributed by atoms with E-state index >= 15 is 0 Å². The minimum Gasteiger partial charge on any atom is -0.323 e. The number of nitrogens with one attached hydrogen (secondary N) is 1. The van der Waals surface area contributed by atoms with E-state index < -0.39 is 34.4 Å². The van der Waals surface area contributed by atoms with Crippen LogP contribution in [0.2, 0.25) is 0 Å². The van der Waals surface area contributed by atoms with Gasteiger partial charge in [0, 0.05) is 18.5 Å². The van der Waals surface area contributed by atoms with Crippen molar-refractivity contribution in [3.8, 4) is 5.82 Å². The van der Waals surface area contributed by atoms with Gasteiger partial charge in [0.05, 0.1) is 22.4 Å². The summed E-state index contributed by atoms with van der Waals surface area (Å²) in [4.78, 5) is 53.4. The molecule has 3 aromatic rings. The molecule has 1 aliphatic rings. The molecular weight excluding hydrogens is 392 g/mol. The van der Waals surface area contributed by atoms with E-state index in [2.05, 4.69) is 15.4 Å². The topological polar surface area (TPSA) is 140 Å². The number of rotatable bonds is 5. The van der Waals surface area contributed by atoms with E-state index in [0.29, 0.717) is 11.5 Å². The fourth-order valence-electron chi connectivity index (χ4n) is 3.15. The molecule has 150 valence electrons. The van der Waals surface area contributed by atoms with Crippen molar-refractivity contribution in [2.75, 3.05) is 5.32 Å². The molecule has 0 spiro atoms. The Labute approximate surface area is 169 Å². The van der Waals surface area contributed by atoms with Gasteiger partial charge in [-0.2, -0.15) is 5.10 Å². The molecule has 3 amide bonds. The summed E-state index contributed by atoms with van der Waals surface area (Å²) in [6.45, 7) is 1.37. The maximum Gasteiger partial charge on any atom is 0.282 e. The number of anilines is 1. The molecule has 0 bridgehead atoms. The molecule has 1 N–H and O–H groups in total. The van der Waals surface area contributed by atoms with Crippen molar-refractivity contribution in [1.29, 1.82) is 0 Å². The maximum atomic E-state index is 12.7. The fourth-order valence-corrected chi connectivity index (χ4v) is 3.15. The number of nitro benzene ring substituents is 1. The molecule has 1 atom stereocenters. The standard InChI is InChI=1S/C19H14N6O5/c1-11(17(26)22-12-6-7-15(20-10-12)23-9-3-8-21-23)24-18(27)13-4-2-5-14(25(29)30)16(13)19(24)28/h2-11H,1H3,(H,22,26). The minimum absolute atomic E-state index is 0.0981. The van der Waals surface area contributed by atoms with Gasteiger partial charge in [-0.05, 0) is 31.2 Å². The van der Waals surface area contributed by atoms with E-state index in [1.54, 1.807) is 35.3 Å². The van der Waals surface area contributed by atoms with Crippen molar-refractivity contribution in [3.63, 3.8) is 0 Å². The van der Waals surface area contributed by atoms with Crippen LogP contribution in [0.5, 0.6) is 0 Å². The Morgan fingerprint density at radius 3 is 2.60 bits per heavy atom. The number of nitro groups is 1. The monoisotopic (exact) mass is 406 g/mol. The molecule has 0 fully saturated rings. The smallest absolute Gasteiger partial charge is 0.282 e.